The molecule has 2 heteroatoms. The highest BCUT2D eigenvalue weighted by molar-refractivity contribution is 4.66. The van der Waals surface area contributed by atoms with Crippen molar-refractivity contribution < 1.29 is 5.11 Å². The number of aliphatic hydroxyl groups excluding tert-OH is 1. The Balaban J connectivity index is 3.46. The van der Waals surface area contributed by atoms with Crippen LogP contribution in [0.2, 0.25) is 0 Å². The minimum absolute atomic E-state index is 0.244. The van der Waals surface area contributed by atoms with Gasteiger partial charge in [0.15, 0.2) is 0 Å². The molecule has 0 aromatic carbocycles. The number of rotatable bonds is 4. The monoisotopic (exact) mass is 145 g/mol. The molecular formula is C8H19NO. The van der Waals surface area contributed by atoms with E-state index in [-0.39, 0.29) is 12.6 Å². The second kappa shape index (κ2) is 4.69. The van der Waals surface area contributed by atoms with Gasteiger partial charge in [0.25, 0.3) is 0 Å². The van der Waals surface area contributed by atoms with Gasteiger partial charge >= 0.3 is 0 Å². The molecule has 0 aliphatic carbocycles. The van der Waals surface area contributed by atoms with Crippen molar-refractivity contribution in [2.24, 2.45) is 17.6 Å². The SMILES string of the molecule is CC(C[C@H](C)CO)[C@H](C)N. The molecule has 3 N–H and O–H groups in total. The maximum absolute atomic E-state index is 8.72. The van der Waals surface area contributed by atoms with Gasteiger partial charge in [-0.1, -0.05) is 13.8 Å². The predicted octanol–water partition coefficient (Wildman–Crippen LogP) is 0.988. The fourth-order valence-electron chi connectivity index (χ4n) is 0.924. The lowest BCUT2D eigenvalue weighted by molar-refractivity contribution is 0.210. The molecule has 0 bridgehead atoms. The summed E-state index contributed by atoms with van der Waals surface area (Å²) in [5, 5.41) is 8.72. The predicted molar refractivity (Wildman–Crippen MR) is 43.7 cm³/mol. The molecule has 1 unspecified atom stereocenters. The van der Waals surface area contributed by atoms with Gasteiger partial charge in [0.2, 0.25) is 0 Å². The van der Waals surface area contributed by atoms with Crippen LogP contribution in [-0.2, 0) is 0 Å². The molecule has 0 spiro atoms. The fraction of sp³-hybridized carbons (Fsp3) is 1.00. The molecule has 10 heavy (non-hydrogen) atoms. The van der Waals surface area contributed by atoms with Crippen molar-refractivity contribution >= 4 is 0 Å². The minimum Gasteiger partial charge on any atom is -0.396 e. The van der Waals surface area contributed by atoms with Crippen LogP contribution in [-0.4, -0.2) is 17.8 Å². The molecule has 0 fully saturated rings. The van der Waals surface area contributed by atoms with Crippen LogP contribution in [0.25, 0.3) is 0 Å². The molecule has 0 radical (unpaired) electrons. The van der Waals surface area contributed by atoms with Crippen molar-refractivity contribution in [3.8, 4) is 0 Å². The molecule has 0 aromatic heterocycles. The first-order chi connectivity index (χ1) is 4.57. The summed E-state index contributed by atoms with van der Waals surface area (Å²) in [5.41, 5.74) is 5.66. The molecule has 2 nitrogen and oxygen atoms in total. The maximum Gasteiger partial charge on any atom is 0.0456 e. The van der Waals surface area contributed by atoms with E-state index in [4.69, 9.17) is 10.8 Å². The highest BCUT2D eigenvalue weighted by Crippen LogP contribution is 2.12. The lowest BCUT2D eigenvalue weighted by atomic mass is 9.93. The smallest absolute Gasteiger partial charge is 0.0456 e. The van der Waals surface area contributed by atoms with Gasteiger partial charge in [-0.15, -0.1) is 0 Å². The lowest BCUT2D eigenvalue weighted by Gasteiger charge is -2.18. The third-order valence-electron chi connectivity index (χ3n) is 1.98. The van der Waals surface area contributed by atoms with E-state index in [1.54, 1.807) is 0 Å². The molecule has 3 atom stereocenters. The Hall–Kier alpha value is -0.0800. The zero-order chi connectivity index (χ0) is 8.15. The summed E-state index contributed by atoms with van der Waals surface area (Å²) >= 11 is 0. The zero-order valence-electron chi connectivity index (χ0n) is 7.17. The third-order valence-corrected chi connectivity index (χ3v) is 1.98. The second-order valence-corrected chi connectivity index (χ2v) is 3.36. The van der Waals surface area contributed by atoms with E-state index in [9.17, 15) is 0 Å². The standard InChI is InChI=1S/C8H19NO/c1-6(5-10)4-7(2)8(3)9/h6-8,10H,4-5,9H2,1-3H3/t6-,7?,8-/m0/s1. The van der Waals surface area contributed by atoms with E-state index >= 15 is 0 Å². The summed E-state index contributed by atoms with van der Waals surface area (Å²) in [4.78, 5) is 0. The average Bonchev–Trinajstić information content (AvgIpc) is 1.87. The Bertz CT molecular complexity index is 83.3. The lowest BCUT2D eigenvalue weighted by Crippen LogP contribution is -2.26. The van der Waals surface area contributed by atoms with Gasteiger partial charge in [0, 0.05) is 12.6 Å². The molecule has 0 aromatic rings. The van der Waals surface area contributed by atoms with Crippen LogP contribution < -0.4 is 5.73 Å². The first-order valence-electron chi connectivity index (χ1n) is 3.94. The fourth-order valence-corrected chi connectivity index (χ4v) is 0.924. The molecule has 0 aliphatic heterocycles. The first-order valence-corrected chi connectivity index (χ1v) is 3.94. The van der Waals surface area contributed by atoms with Crippen LogP contribution in [0.3, 0.4) is 0 Å². The molecular weight excluding hydrogens is 126 g/mol. The molecule has 0 saturated carbocycles. The van der Waals surface area contributed by atoms with Gasteiger partial charge in [-0.05, 0) is 25.2 Å². The van der Waals surface area contributed by atoms with E-state index in [0.717, 1.165) is 6.42 Å². The Kier molecular flexibility index (Phi) is 4.65. The van der Waals surface area contributed by atoms with Gasteiger partial charge in [-0.25, -0.2) is 0 Å². The summed E-state index contributed by atoms with van der Waals surface area (Å²) < 4.78 is 0. The van der Waals surface area contributed by atoms with Crippen LogP contribution in [0.4, 0.5) is 0 Å². The van der Waals surface area contributed by atoms with Gasteiger partial charge in [0.1, 0.15) is 0 Å². The van der Waals surface area contributed by atoms with E-state index in [1.165, 1.54) is 0 Å². The largest absolute Gasteiger partial charge is 0.396 e. The van der Waals surface area contributed by atoms with Gasteiger partial charge in [-0.2, -0.15) is 0 Å². The number of nitrogens with two attached hydrogens (primary N) is 1. The molecule has 0 heterocycles. The van der Waals surface area contributed by atoms with Crippen LogP contribution in [0, 0.1) is 11.8 Å². The van der Waals surface area contributed by atoms with E-state index < -0.39 is 0 Å². The molecule has 0 aliphatic rings. The summed E-state index contributed by atoms with van der Waals surface area (Å²) in [6, 6.07) is 0.244. The van der Waals surface area contributed by atoms with Gasteiger partial charge in [0.05, 0.1) is 0 Å². The zero-order valence-corrected chi connectivity index (χ0v) is 7.17. The first kappa shape index (κ1) is 9.92. The molecule has 62 valence electrons. The Morgan fingerprint density at radius 3 is 2.10 bits per heavy atom. The highest BCUT2D eigenvalue weighted by atomic mass is 16.3. The highest BCUT2D eigenvalue weighted by Gasteiger charge is 2.10. The molecule has 0 amide bonds. The topological polar surface area (TPSA) is 46.2 Å². The average molecular weight is 145 g/mol. The third kappa shape index (κ3) is 3.85. The number of hydrogen-bond donors (Lipinski definition) is 2. The number of aliphatic hydroxyl groups is 1. The maximum atomic E-state index is 8.72. The summed E-state index contributed by atoms with van der Waals surface area (Å²) in [5.74, 6) is 0.906. The van der Waals surface area contributed by atoms with Crippen molar-refractivity contribution in [2.75, 3.05) is 6.61 Å². The van der Waals surface area contributed by atoms with E-state index in [1.807, 2.05) is 13.8 Å². The van der Waals surface area contributed by atoms with Crippen LogP contribution in [0.15, 0.2) is 0 Å². The Morgan fingerprint density at radius 2 is 1.80 bits per heavy atom. The quantitative estimate of drug-likeness (QED) is 0.619. The summed E-state index contributed by atoms with van der Waals surface area (Å²) in [7, 11) is 0. The van der Waals surface area contributed by atoms with Gasteiger partial charge < -0.3 is 10.8 Å². The number of hydrogen-bond acceptors (Lipinski definition) is 2. The Morgan fingerprint density at radius 1 is 1.30 bits per heavy atom. The Labute approximate surface area is 63.4 Å². The summed E-state index contributed by atoms with van der Waals surface area (Å²) in [6.07, 6.45) is 1.02. The van der Waals surface area contributed by atoms with Gasteiger partial charge in [-0.3, -0.25) is 0 Å². The minimum atomic E-state index is 0.244. The second-order valence-electron chi connectivity index (χ2n) is 3.36. The van der Waals surface area contributed by atoms with Crippen LogP contribution >= 0.6 is 0 Å². The molecule has 0 rings (SSSR count). The normalized spacial score (nSPS) is 20.1. The van der Waals surface area contributed by atoms with Crippen LogP contribution in [0.5, 0.6) is 0 Å². The van der Waals surface area contributed by atoms with E-state index in [2.05, 4.69) is 6.92 Å². The van der Waals surface area contributed by atoms with Crippen molar-refractivity contribution in [3.05, 3.63) is 0 Å². The van der Waals surface area contributed by atoms with E-state index in [0.29, 0.717) is 11.8 Å². The van der Waals surface area contributed by atoms with Crippen molar-refractivity contribution in [2.45, 2.75) is 33.2 Å². The summed E-state index contributed by atoms with van der Waals surface area (Å²) in [6.45, 7) is 6.45. The van der Waals surface area contributed by atoms with Crippen molar-refractivity contribution in [1.82, 2.24) is 0 Å². The van der Waals surface area contributed by atoms with Crippen molar-refractivity contribution in [1.29, 1.82) is 0 Å². The van der Waals surface area contributed by atoms with Crippen LogP contribution in [0.1, 0.15) is 27.2 Å². The van der Waals surface area contributed by atoms with Crippen molar-refractivity contribution in [3.63, 3.8) is 0 Å². The molecule has 0 saturated heterocycles.